The SMILES string of the molecule is Cc1cccc(Cc2cnc(NC(=O)c3oc4ccccc4c3C)s2)c1. The molecule has 0 aliphatic rings. The Hall–Kier alpha value is -2.92. The quantitative estimate of drug-likeness (QED) is 0.532. The number of furan rings is 1. The predicted molar refractivity (Wildman–Crippen MR) is 105 cm³/mol. The van der Waals surface area contributed by atoms with Crippen LogP contribution < -0.4 is 5.32 Å². The molecule has 2 aromatic heterocycles. The Bertz CT molecular complexity index is 1090. The van der Waals surface area contributed by atoms with Crippen LogP contribution in [0.5, 0.6) is 0 Å². The van der Waals surface area contributed by atoms with Gasteiger partial charge in [-0.2, -0.15) is 0 Å². The number of carbonyl (C=O) groups excluding carboxylic acids is 1. The van der Waals surface area contributed by atoms with E-state index in [-0.39, 0.29) is 5.91 Å². The highest BCUT2D eigenvalue weighted by molar-refractivity contribution is 7.15. The molecule has 0 radical (unpaired) electrons. The fraction of sp³-hybridized carbons (Fsp3) is 0.143. The van der Waals surface area contributed by atoms with E-state index >= 15 is 0 Å². The van der Waals surface area contributed by atoms with Crippen molar-refractivity contribution in [3.05, 3.63) is 82.1 Å². The zero-order chi connectivity index (χ0) is 18.1. The van der Waals surface area contributed by atoms with Crippen LogP contribution in [0.1, 0.15) is 32.1 Å². The van der Waals surface area contributed by atoms with E-state index in [0.717, 1.165) is 27.8 Å². The Morgan fingerprint density at radius 1 is 1.15 bits per heavy atom. The van der Waals surface area contributed by atoms with Crippen LogP contribution in [0.4, 0.5) is 5.13 Å². The summed E-state index contributed by atoms with van der Waals surface area (Å²) in [6.45, 7) is 3.98. The van der Waals surface area contributed by atoms with Crippen LogP contribution >= 0.6 is 11.3 Å². The first kappa shape index (κ1) is 16.5. The Kier molecular flexibility index (Phi) is 4.31. The van der Waals surface area contributed by atoms with Gasteiger partial charge in [-0.1, -0.05) is 48.0 Å². The molecule has 26 heavy (non-hydrogen) atoms. The summed E-state index contributed by atoms with van der Waals surface area (Å²) in [6.07, 6.45) is 2.62. The molecule has 2 aromatic carbocycles. The number of nitrogens with one attached hydrogen (secondary N) is 1. The van der Waals surface area contributed by atoms with Gasteiger partial charge >= 0.3 is 0 Å². The minimum atomic E-state index is -0.268. The average molecular weight is 362 g/mol. The van der Waals surface area contributed by atoms with Crippen LogP contribution in [-0.4, -0.2) is 10.9 Å². The second-order valence-corrected chi connectivity index (χ2v) is 7.42. The third kappa shape index (κ3) is 3.26. The van der Waals surface area contributed by atoms with Gasteiger partial charge in [0.2, 0.25) is 0 Å². The van der Waals surface area contributed by atoms with Crippen LogP contribution in [-0.2, 0) is 6.42 Å². The highest BCUT2D eigenvalue weighted by Gasteiger charge is 2.18. The third-order valence-corrected chi connectivity index (χ3v) is 5.20. The molecule has 0 spiro atoms. The summed E-state index contributed by atoms with van der Waals surface area (Å²) < 4.78 is 5.71. The predicted octanol–water partition coefficient (Wildman–Crippen LogP) is 5.35. The van der Waals surface area contributed by atoms with Crippen LogP contribution in [0.15, 0.2) is 59.1 Å². The number of anilines is 1. The fourth-order valence-electron chi connectivity index (χ4n) is 3.02. The van der Waals surface area contributed by atoms with Crippen LogP contribution in [0, 0.1) is 13.8 Å². The van der Waals surface area contributed by atoms with Gasteiger partial charge in [0.05, 0.1) is 0 Å². The van der Waals surface area contributed by atoms with Gasteiger partial charge in [0.15, 0.2) is 10.9 Å². The number of aromatic nitrogens is 1. The lowest BCUT2D eigenvalue weighted by molar-refractivity contribution is 0.0998. The van der Waals surface area contributed by atoms with Gasteiger partial charge in [0.1, 0.15) is 5.58 Å². The minimum absolute atomic E-state index is 0.268. The summed E-state index contributed by atoms with van der Waals surface area (Å²) >= 11 is 1.48. The van der Waals surface area contributed by atoms with E-state index in [0.29, 0.717) is 10.9 Å². The van der Waals surface area contributed by atoms with Crippen molar-refractivity contribution in [3.63, 3.8) is 0 Å². The highest BCUT2D eigenvalue weighted by Crippen LogP contribution is 2.27. The number of thiazole rings is 1. The lowest BCUT2D eigenvalue weighted by Crippen LogP contribution is -2.11. The smallest absolute Gasteiger partial charge is 0.293 e. The number of benzene rings is 2. The number of hydrogen-bond acceptors (Lipinski definition) is 4. The van der Waals surface area contributed by atoms with Gasteiger partial charge in [-0.05, 0) is 25.5 Å². The van der Waals surface area contributed by atoms with Gasteiger partial charge in [0, 0.05) is 28.4 Å². The molecule has 4 aromatic rings. The fourth-order valence-corrected chi connectivity index (χ4v) is 3.86. The van der Waals surface area contributed by atoms with E-state index in [1.165, 1.54) is 22.5 Å². The molecule has 4 rings (SSSR count). The number of hydrogen-bond donors (Lipinski definition) is 1. The summed E-state index contributed by atoms with van der Waals surface area (Å²) in [4.78, 5) is 18.0. The van der Waals surface area contributed by atoms with Crippen molar-refractivity contribution in [1.29, 1.82) is 0 Å². The van der Waals surface area contributed by atoms with Crippen molar-refractivity contribution in [3.8, 4) is 0 Å². The number of amides is 1. The highest BCUT2D eigenvalue weighted by atomic mass is 32.1. The van der Waals surface area contributed by atoms with Crippen molar-refractivity contribution in [2.75, 3.05) is 5.32 Å². The summed E-state index contributed by atoms with van der Waals surface area (Å²) in [5.74, 6) is 0.0665. The first-order valence-corrected chi connectivity index (χ1v) is 9.21. The van der Waals surface area contributed by atoms with Crippen molar-refractivity contribution in [1.82, 2.24) is 4.98 Å². The number of para-hydroxylation sites is 1. The number of fused-ring (bicyclic) bond motifs is 1. The summed E-state index contributed by atoms with van der Waals surface area (Å²) in [5.41, 5.74) is 4.03. The molecular formula is C21H18N2O2S. The Balaban J connectivity index is 1.51. The molecular weight excluding hydrogens is 344 g/mol. The summed E-state index contributed by atoms with van der Waals surface area (Å²) in [6, 6.07) is 16.0. The third-order valence-electron chi connectivity index (χ3n) is 4.28. The minimum Gasteiger partial charge on any atom is -0.451 e. The second kappa shape index (κ2) is 6.77. The van der Waals surface area contributed by atoms with Gasteiger partial charge in [0.25, 0.3) is 5.91 Å². The first-order chi connectivity index (χ1) is 12.6. The zero-order valence-corrected chi connectivity index (χ0v) is 15.4. The molecule has 0 unspecified atom stereocenters. The molecule has 5 heteroatoms. The molecule has 130 valence electrons. The summed E-state index contributed by atoms with van der Waals surface area (Å²) in [5, 5.41) is 4.39. The molecule has 2 heterocycles. The van der Waals surface area contributed by atoms with Gasteiger partial charge in [-0.3, -0.25) is 10.1 Å². The number of aryl methyl sites for hydroxylation is 2. The van der Waals surface area contributed by atoms with E-state index in [2.05, 4.69) is 41.5 Å². The lowest BCUT2D eigenvalue weighted by atomic mass is 10.1. The van der Waals surface area contributed by atoms with Gasteiger partial charge in [-0.25, -0.2) is 4.98 Å². The second-order valence-electron chi connectivity index (χ2n) is 6.30. The van der Waals surface area contributed by atoms with Crippen LogP contribution in [0.3, 0.4) is 0 Å². The van der Waals surface area contributed by atoms with Crippen molar-refractivity contribution in [2.24, 2.45) is 0 Å². The number of carbonyl (C=O) groups is 1. The molecule has 0 aliphatic carbocycles. The maximum atomic E-state index is 12.6. The number of rotatable bonds is 4. The van der Waals surface area contributed by atoms with Crippen molar-refractivity contribution < 1.29 is 9.21 Å². The standard InChI is InChI=1S/C21H18N2O2S/c1-13-6-5-7-15(10-13)11-16-12-22-21(26-16)23-20(24)19-14(2)17-8-3-4-9-18(17)25-19/h3-10,12H,11H2,1-2H3,(H,22,23,24). The molecule has 1 amide bonds. The van der Waals surface area contributed by atoms with Gasteiger partial charge in [-0.15, -0.1) is 11.3 Å². The topological polar surface area (TPSA) is 55.1 Å². The van der Waals surface area contributed by atoms with Crippen molar-refractivity contribution >= 4 is 33.3 Å². The number of nitrogens with zero attached hydrogens (tertiary/aromatic N) is 1. The van der Waals surface area contributed by atoms with Crippen molar-refractivity contribution in [2.45, 2.75) is 20.3 Å². The largest absolute Gasteiger partial charge is 0.451 e. The molecule has 4 nitrogen and oxygen atoms in total. The molecule has 0 saturated heterocycles. The van der Waals surface area contributed by atoms with E-state index in [1.54, 1.807) is 0 Å². The normalized spacial score (nSPS) is 11.0. The molecule has 0 bridgehead atoms. The first-order valence-electron chi connectivity index (χ1n) is 8.40. The van der Waals surface area contributed by atoms with E-state index < -0.39 is 0 Å². The van der Waals surface area contributed by atoms with E-state index in [9.17, 15) is 4.79 Å². The molecule has 0 fully saturated rings. The monoisotopic (exact) mass is 362 g/mol. The Morgan fingerprint density at radius 3 is 2.81 bits per heavy atom. The van der Waals surface area contributed by atoms with Crippen LogP contribution in [0.25, 0.3) is 11.0 Å². The zero-order valence-electron chi connectivity index (χ0n) is 14.6. The maximum absolute atomic E-state index is 12.6. The molecule has 1 N–H and O–H groups in total. The van der Waals surface area contributed by atoms with E-state index in [1.807, 2.05) is 37.4 Å². The average Bonchev–Trinajstić information content (AvgIpc) is 3.20. The Morgan fingerprint density at radius 2 is 2.00 bits per heavy atom. The maximum Gasteiger partial charge on any atom is 0.293 e. The lowest BCUT2D eigenvalue weighted by Gasteiger charge is -2.00. The van der Waals surface area contributed by atoms with Crippen LogP contribution in [0.2, 0.25) is 0 Å². The molecule has 0 atom stereocenters. The molecule has 0 saturated carbocycles. The van der Waals surface area contributed by atoms with Gasteiger partial charge < -0.3 is 4.42 Å². The Labute approximate surface area is 155 Å². The summed E-state index contributed by atoms with van der Waals surface area (Å²) in [7, 11) is 0. The van der Waals surface area contributed by atoms with E-state index in [4.69, 9.17) is 4.42 Å². The molecule has 0 aliphatic heterocycles.